The van der Waals surface area contributed by atoms with Crippen molar-refractivity contribution in [1.29, 1.82) is 0 Å². The molecular weight excluding hydrogens is 431 g/mol. The molecule has 6 heteroatoms. The van der Waals surface area contributed by atoms with Gasteiger partial charge in [-0.05, 0) is 62.2 Å². The van der Waals surface area contributed by atoms with Gasteiger partial charge in [-0.15, -0.1) is 0 Å². The lowest BCUT2D eigenvalue weighted by Gasteiger charge is -2.36. The van der Waals surface area contributed by atoms with Crippen LogP contribution in [0.2, 0.25) is 0 Å². The molecule has 0 aromatic heterocycles. The summed E-state index contributed by atoms with van der Waals surface area (Å²) in [4.78, 5) is 41.6. The van der Waals surface area contributed by atoms with Gasteiger partial charge in [0.1, 0.15) is 5.82 Å². The normalized spacial score (nSPS) is 13.6. The van der Waals surface area contributed by atoms with Crippen molar-refractivity contribution in [3.05, 3.63) is 99.9 Å². The maximum Gasteiger partial charge on any atom is 0.254 e. The molecule has 0 unspecified atom stereocenters. The van der Waals surface area contributed by atoms with Gasteiger partial charge in [0, 0.05) is 42.9 Å². The van der Waals surface area contributed by atoms with Gasteiger partial charge in [0.2, 0.25) is 0 Å². The maximum absolute atomic E-state index is 14.6. The third kappa shape index (κ3) is 4.62. The molecule has 0 N–H and O–H groups in total. The zero-order valence-electron chi connectivity index (χ0n) is 19.6. The molecule has 1 heterocycles. The average molecular weight is 459 g/mol. The molecule has 4 rings (SSSR count). The molecule has 1 saturated heterocycles. The minimum Gasteiger partial charge on any atom is -0.366 e. The summed E-state index contributed by atoms with van der Waals surface area (Å²) in [7, 11) is 0. The van der Waals surface area contributed by atoms with E-state index in [0.29, 0.717) is 54.1 Å². The van der Waals surface area contributed by atoms with E-state index in [9.17, 15) is 18.8 Å². The number of ketones is 2. The lowest BCUT2D eigenvalue weighted by atomic mass is 9.95. The van der Waals surface area contributed by atoms with Crippen molar-refractivity contribution in [1.82, 2.24) is 4.90 Å². The lowest BCUT2D eigenvalue weighted by molar-refractivity contribution is 0.0742. The van der Waals surface area contributed by atoms with Crippen molar-refractivity contribution in [2.45, 2.75) is 20.8 Å². The van der Waals surface area contributed by atoms with E-state index in [-0.39, 0.29) is 17.5 Å². The van der Waals surface area contributed by atoms with Crippen molar-refractivity contribution in [3.63, 3.8) is 0 Å². The van der Waals surface area contributed by atoms with Crippen LogP contribution in [0, 0.1) is 19.7 Å². The second-order valence-corrected chi connectivity index (χ2v) is 8.68. The molecule has 1 aliphatic heterocycles. The zero-order valence-corrected chi connectivity index (χ0v) is 19.6. The van der Waals surface area contributed by atoms with Gasteiger partial charge in [-0.25, -0.2) is 4.39 Å². The van der Waals surface area contributed by atoms with E-state index in [1.54, 1.807) is 47.4 Å². The molecule has 3 aromatic carbocycles. The molecule has 174 valence electrons. The lowest BCUT2D eigenvalue weighted by Crippen LogP contribution is -2.49. The molecule has 1 fully saturated rings. The molecule has 0 atom stereocenters. The minimum absolute atomic E-state index is 0.182. The number of rotatable bonds is 5. The van der Waals surface area contributed by atoms with E-state index in [4.69, 9.17) is 0 Å². The third-order valence-electron chi connectivity index (χ3n) is 6.43. The molecule has 5 nitrogen and oxygen atoms in total. The Balaban J connectivity index is 1.50. The van der Waals surface area contributed by atoms with Gasteiger partial charge in [-0.2, -0.15) is 0 Å². The molecule has 0 aliphatic carbocycles. The van der Waals surface area contributed by atoms with Crippen LogP contribution in [0.3, 0.4) is 0 Å². The predicted molar refractivity (Wildman–Crippen MR) is 130 cm³/mol. The standard InChI is InChI=1S/C28H27FN2O3/c1-18-8-9-22(16-19(18)2)27(33)23-6-4-5-7-24(23)28(34)31-14-12-30(13-15-31)26-11-10-21(20(3)32)17-25(26)29/h4-11,16-17H,12-15H2,1-3H3. The van der Waals surface area contributed by atoms with E-state index in [2.05, 4.69) is 0 Å². The Morgan fingerprint density at radius 1 is 0.765 bits per heavy atom. The Labute approximate surface area is 198 Å². The van der Waals surface area contributed by atoms with Crippen LogP contribution >= 0.6 is 0 Å². The number of hydrogen-bond donors (Lipinski definition) is 0. The van der Waals surface area contributed by atoms with Crippen molar-refractivity contribution >= 4 is 23.2 Å². The third-order valence-corrected chi connectivity index (χ3v) is 6.43. The summed E-state index contributed by atoms with van der Waals surface area (Å²) in [5, 5.41) is 0. The Hall–Kier alpha value is -3.80. The summed E-state index contributed by atoms with van der Waals surface area (Å²) >= 11 is 0. The van der Waals surface area contributed by atoms with Crippen LogP contribution in [0.25, 0.3) is 0 Å². The number of aryl methyl sites for hydroxylation is 2. The molecule has 0 bridgehead atoms. The monoisotopic (exact) mass is 458 g/mol. The number of anilines is 1. The van der Waals surface area contributed by atoms with Crippen LogP contribution in [-0.4, -0.2) is 48.6 Å². The number of carbonyl (C=O) groups is 3. The van der Waals surface area contributed by atoms with E-state index >= 15 is 0 Å². The molecule has 1 amide bonds. The predicted octanol–water partition coefficient (Wildman–Crippen LogP) is 4.84. The second-order valence-electron chi connectivity index (χ2n) is 8.68. The fraction of sp³-hybridized carbons (Fsp3) is 0.250. The van der Waals surface area contributed by atoms with E-state index in [0.717, 1.165) is 11.1 Å². The molecule has 1 aliphatic rings. The van der Waals surface area contributed by atoms with Gasteiger partial charge in [-0.1, -0.05) is 30.3 Å². The number of halogens is 1. The van der Waals surface area contributed by atoms with E-state index < -0.39 is 5.82 Å². The summed E-state index contributed by atoms with van der Waals surface area (Å²) in [5.41, 5.74) is 4.18. The number of benzene rings is 3. The van der Waals surface area contributed by atoms with Crippen LogP contribution in [0.4, 0.5) is 10.1 Å². The van der Waals surface area contributed by atoms with E-state index in [1.165, 1.54) is 13.0 Å². The van der Waals surface area contributed by atoms with Crippen LogP contribution in [0.15, 0.2) is 60.7 Å². The molecule has 34 heavy (non-hydrogen) atoms. The number of nitrogens with zero attached hydrogens (tertiary/aromatic N) is 2. The van der Waals surface area contributed by atoms with Crippen LogP contribution in [0.1, 0.15) is 54.7 Å². The number of amides is 1. The average Bonchev–Trinajstić information content (AvgIpc) is 2.85. The number of carbonyl (C=O) groups excluding carboxylic acids is 3. The number of Topliss-reactive ketones (excluding diaryl/α,β-unsaturated/α-hetero) is 1. The Morgan fingerprint density at radius 3 is 2.03 bits per heavy atom. The van der Waals surface area contributed by atoms with Crippen molar-refractivity contribution in [3.8, 4) is 0 Å². The van der Waals surface area contributed by atoms with Crippen molar-refractivity contribution in [2.24, 2.45) is 0 Å². The van der Waals surface area contributed by atoms with Gasteiger partial charge in [-0.3, -0.25) is 14.4 Å². The zero-order chi connectivity index (χ0) is 24.4. The smallest absolute Gasteiger partial charge is 0.254 e. The fourth-order valence-corrected chi connectivity index (χ4v) is 4.21. The highest BCUT2D eigenvalue weighted by atomic mass is 19.1. The summed E-state index contributed by atoms with van der Waals surface area (Å²) < 4.78 is 14.6. The van der Waals surface area contributed by atoms with E-state index in [1.807, 2.05) is 30.9 Å². The van der Waals surface area contributed by atoms with Gasteiger partial charge < -0.3 is 9.80 Å². The first-order chi connectivity index (χ1) is 16.3. The highest BCUT2D eigenvalue weighted by Crippen LogP contribution is 2.24. The molecule has 0 radical (unpaired) electrons. The summed E-state index contributed by atoms with van der Waals surface area (Å²) in [6, 6.07) is 16.9. The van der Waals surface area contributed by atoms with Gasteiger partial charge >= 0.3 is 0 Å². The van der Waals surface area contributed by atoms with Gasteiger partial charge in [0.25, 0.3) is 5.91 Å². The summed E-state index contributed by atoms with van der Waals surface area (Å²) in [6.07, 6.45) is 0. The molecule has 3 aromatic rings. The largest absolute Gasteiger partial charge is 0.366 e. The first kappa shape index (κ1) is 23.4. The van der Waals surface area contributed by atoms with Crippen LogP contribution in [-0.2, 0) is 0 Å². The highest BCUT2D eigenvalue weighted by Gasteiger charge is 2.27. The van der Waals surface area contributed by atoms with Gasteiger partial charge in [0.15, 0.2) is 11.6 Å². The quantitative estimate of drug-likeness (QED) is 0.514. The first-order valence-electron chi connectivity index (χ1n) is 11.3. The maximum atomic E-state index is 14.6. The Bertz CT molecular complexity index is 1280. The topological polar surface area (TPSA) is 57.7 Å². The summed E-state index contributed by atoms with van der Waals surface area (Å²) in [6.45, 7) is 7.06. The Kier molecular flexibility index (Phi) is 6.59. The highest BCUT2D eigenvalue weighted by molar-refractivity contribution is 6.15. The fourth-order valence-electron chi connectivity index (χ4n) is 4.21. The number of hydrogen-bond acceptors (Lipinski definition) is 4. The first-order valence-corrected chi connectivity index (χ1v) is 11.3. The van der Waals surface area contributed by atoms with Crippen LogP contribution in [0.5, 0.6) is 0 Å². The minimum atomic E-state index is -0.447. The van der Waals surface area contributed by atoms with Crippen molar-refractivity contribution < 1.29 is 18.8 Å². The Morgan fingerprint density at radius 2 is 1.41 bits per heavy atom. The molecule has 0 spiro atoms. The van der Waals surface area contributed by atoms with Crippen LogP contribution < -0.4 is 4.90 Å². The SMILES string of the molecule is CC(=O)c1ccc(N2CCN(C(=O)c3ccccc3C(=O)c3ccc(C)c(C)c3)CC2)c(F)c1. The van der Waals surface area contributed by atoms with Crippen molar-refractivity contribution in [2.75, 3.05) is 31.1 Å². The van der Waals surface area contributed by atoms with Gasteiger partial charge in [0.05, 0.1) is 11.3 Å². The second kappa shape index (κ2) is 9.59. The number of piperazine rings is 1. The summed E-state index contributed by atoms with van der Waals surface area (Å²) in [5.74, 6) is -1.02. The molecular formula is C28H27FN2O3. The molecule has 0 saturated carbocycles.